The van der Waals surface area contributed by atoms with Crippen molar-refractivity contribution in [1.82, 2.24) is 5.32 Å². The fourth-order valence-electron chi connectivity index (χ4n) is 1.71. The van der Waals surface area contributed by atoms with Gasteiger partial charge >= 0.3 is 0 Å². The summed E-state index contributed by atoms with van der Waals surface area (Å²) in [6.45, 7) is 6.48. The molecule has 0 saturated heterocycles. The summed E-state index contributed by atoms with van der Waals surface area (Å²) in [5.41, 5.74) is 1.06. The van der Waals surface area contributed by atoms with E-state index in [2.05, 4.69) is 26.1 Å². The van der Waals surface area contributed by atoms with Crippen LogP contribution in [0.3, 0.4) is 0 Å². The van der Waals surface area contributed by atoms with Crippen molar-refractivity contribution < 1.29 is 0 Å². The predicted octanol–water partition coefficient (Wildman–Crippen LogP) is 4.79. The van der Waals surface area contributed by atoms with Crippen molar-refractivity contribution in [2.75, 3.05) is 11.5 Å². The van der Waals surface area contributed by atoms with Crippen LogP contribution >= 0.6 is 35.0 Å². The average Bonchev–Trinajstić information content (AvgIpc) is 2.29. The van der Waals surface area contributed by atoms with E-state index in [4.69, 9.17) is 23.2 Å². The molecule has 1 nitrogen and oxygen atoms in total. The zero-order valence-electron chi connectivity index (χ0n) is 10.5. The van der Waals surface area contributed by atoms with Crippen LogP contribution in [0, 0.1) is 0 Å². The summed E-state index contributed by atoms with van der Waals surface area (Å²) < 4.78 is 0. The van der Waals surface area contributed by atoms with Gasteiger partial charge in [-0.05, 0) is 43.4 Å². The topological polar surface area (TPSA) is 12.0 Å². The monoisotopic (exact) mass is 291 g/mol. The third-order valence-corrected chi connectivity index (χ3v) is 4.25. The fraction of sp³-hybridized carbons (Fsp3) is 0.538. The zero-order chi connectivity index (χ0) is 12.8. The van der Waals surface area contributed by atoms with Gasteiger partial charge in [0.1, 0.15) is 0 Å². The van der Waals surface area contributed by atoms with E-state index in [9.17, 15) is 0 Å². The fourth-order valence-corrected chi connectivity index (χ4v) is 2.85. The molecule has 96 valence electrons. The van der Waals surface area contributed by atoms with Crippen LogP contribution in [0.1, 0.15) is 32.4 Å². The molecule has 0 fully saturated rings. The van der Waals surface area contributed by atoms with Gasteiger partial charge in [-0.15, -0.1) is 0 Å². The van der Waals surface area contributed by atoms with Crippen LogP contribution in [0.25, 0.3) is 0 Å². The molecule has 1 aromatic carbocycles. The van der Waals surface area contributed by atoms with Gasteiger partial charge in [-0.3, -0.25) is 0 Å². The highest BCUT2D eigenvalue weighted by molar-refractivity contribution is 7.99. The van der Waals surface area contributed by atoms with Gasteiger partial charge in [0.25, 0.3) is 0 Å². The summed E-state index contributed by atoms with van der Waals surface area (Å²) in [6.07, 6.45) is 0. The number of benzene rings is 1. The predicted molar refractivity (Wildman–Crippen MR) is 80.5 cm³/mol. The number of thioether (sulfide) groups is 1. The Kier molecular flexibility index (Phi) is 6.71. The van der Waals surface area contributed by atoms with Crippen LogP contribution in [-0.2, 0) is 0 Å². The quantitative estimate of drug-likeness (QED) is 0.809. The second-order valence-electron chi connectivity index (χ2n) is 4.11. The van der Waals surface area contributed by atoms with Gasteiger partial charge in [0.05, 0.1) is 0 Å². The lowest BCUT2D eigenvalue weighted by Gasteiger charge is -2.21. The van der Waals surface area contributed by atoms with Gasteiger partial charge in [-0.1, -0.05) is 30.1 Å². The summed E-state index contributed by atoms with van der Waals surface area (Å²) in [4.78, 5) is 0. The summed E-state index contributed by atoms with van der Waals surface area (Å²) in [5, 5.41) is 5.03. The Hall–Kier alpha value is 0.110. The van der Waals surface area contributed by atoms with Gasteiger partial charge in [0.2, 0.25) is 0 Å². The van der Waals surface area contributed by atoms with Crippen LogP contribution in [0.5, 0.6) is 0 Å². The Labute approximate surface area is 118 Å². The summed E-state index contributed by atoms with van der Waals surface area (Å²) >= 11 is 14.1. The van der Waals surface area contributed by atoms with Crippen molar-refractivity contribution >= 4 is 35.0 Å². The minimum atomic E-state index is 0.216. The van der Waals surface area contributed by atoms with E-state index in [-0.39, 0.29) is 6.04 Å². The molecule has 2 unspecified atom stereocenters. The van der Waals surface area contributed by atoms with Gasteiger partial charge in [0, 0.05) is 27.9 Å². The Bertz CT molecular complexity index is 357. The molecule has 0 aliphatic carbocycles. The van der Waals surface area contributed by atoms with Crippen LogP contribution in [0.15, 0.2) is 18.2 Å². The van der Waals surface area contributed by atoms with E-state index in [1.165, 1.54) is 0 Å². The average molecular weight is 292 g/mol. The molecule has 4 heteroatoms. The molecule has 1 N–H and O–H groups in total. The normalized spacial score (nSPS) is 14.6. The Morgan fingerprint density at radius 3 is 2.65 bits per heavy atom. The van der Waals surface area contributed by atoms with Gasteiger partial charge in [-0.2, -0.15) is 11.8 Å². The van der Waals surface area contributed by atoms with Crippen molar-refractivity contribution in [3.05, 3.63) is 33.8 Å². The highest BCUT2D eigenvalue weighted by atomic mass is 35.5. The molecule has 0 spiro atoms. The minimum absolute atomic E-state index is 0.216. The van der Waals surface area contributed by atoms with E-state index < -0.39 is 0 Å². The summed E-state index contributed by atoms with van der Waals surface area (Å²) in [6, 6.07) is 6.28. The molecule has 0 saturated carbocycles. The maximum atomic E-state index is 6.18. The van der Waals surface area contributed by atoms with Crippen molar-refractivity contribution in [3.8, 4) is 0 Å². The number of hydrogen-bond acceptors (Lipinski definition) is 2. The van der Waals surface area contributed by atoms with Crippen molar-refractivity contribution in [3.63, 3.8) is 0 Å². The van der Waals surface area contributed by atoms with Crippen molar-refractivity contribution in [1.29, 1.82) is 0 Å². The van der Waals surface area contributed by atoms with Gasteiger partial charge in [-0.25, -0.2) is 0 Å². The number of rotatable bonds is 6. The molecular weight excluding hydrogens is 273 g/mol. The van der Waals surface area contributed by atoms with E-state index in [0.29, 0.717) is 6.04 Å². The molecule has 2 atom stereocenters. The standard InChI is InChI=1S/C13H19Cl2NS/c1-4-17-8-9(2)16-10(3)12-7-11(14)5-6-13(12)15/h5-7,9-10,16H,4,8H2,1-3H3. The first kappa shape index (κ1) is 15.2. The third-order valence-electron chi connectivity index (χ3n) is 2.53. The highest BCUT2D eigenvalue weighted by Crippen LogP contribution is 2.26. The second kappa shape index (κ2) is 7.52. The molecule has 0 aliphatic heterocycles. The van der Waals surface area contributed by atoms with Crippen LogP contribution < -0.4 is 5.32 Å². The molecule has 1 rings (SSSR count). The number of halogens is 2. The molecular formula is C13H19Cl2NS. The Morgan fingerprint density at radius 2 is 2.00 bits per heavy atom. The van der Waals surface area contributed by atoms with Crippen molar-refractivity contribution in [2.24, 2.45) is 0 Å². The minimum Gasteiger partial charge on any atom is -0.307 e. The summed E-state index contributed by atoms with van der Waals surface area (Å²) in [7, 11) is 0. The Balaban J connectivity index is 2.62. The first-order valence-electron chi connectivity index (χ1n) is 5.83. The third kappa shape index (κ3) is 5.09. The smallest absolute Gasteiger partial charge is 0.0454 e. The lowest BCUT2D eigenvalue weighted by atomic mass is 10.1. The van der Waals surface area contributed by atoms with E-state index in [1.54, 1.807) is 0 Å². The number of hydrogen-bond donors (Lipinski definition) is 1. The molecule has 1 aromatic rings. The SMILES string of the molecule is CCSCC(C)NC(C)c1cc(Cl)ccc1Cl. The number of nitrogens with one attached hydrogen (secondary N) is 1. The van der Waals surface area contributed by atoms with Crippen LogP contribution in [0.4, 0.5) is 0 Å². The summed E-state index contributed by atoms with van der Waals surface area (Å²) in [5.74, 6) is 2.26. The lowest BCUT2D eigenvalue weighted by molar-refractivity contribution is 0.511. The second-order valence-corrected chi connectivity index (χ2v) is 6.28. The van der Waals surface area contributed by atoms with Crippen LogP contribution in [0.2, 0.25) is 10.0 Å². The molecule has 0 aromatic heterocycles. The van der Waals surface area contributed by atoms with E-state index in [1.807, 2.05) is 30.0 Å². The van der Waals surface area contributed by atoms with Crippen molar-refractivity contribution in [2.45, 2.75) is 32.9 Å². The molecule has 17 heavy (non-hydrogen) atoms. The molecule has 0 amide bonds. The zero-order valence-corrected chi connectivity index (χ0v) is 12.8. The largest absolute Gasteiger partial charge is 0.307 e. The van der Waals surface area contributed by atoms with E-state index in [0.717, 1.165) is 27.1 Å². The molecule has 0 radical (unpaired) electrons. The first-order chi connectivity index (χ1) is 8.04. The van der Waals surface area contributed by atoms with Gasteiger partial charge in [0.15, 0.2) is 0 Å². The Morgan fingerprint density at radius 1 is 1.29 bits per heavy atom. The first-order valence-corrected chi connectivity index (χ1v) is 7.74. The lowest BCUT2D eigenvalue weighted by Crippen LogP contribution is -2.31. The molecule has 0 heterocycles. The molecule has 0 aliphatic rings. The maximum absolute atomic E-state index is 6.18. The highest BCUT2D eigenvalue weighted by Gasteiger charge is 2.12. The van der Waals surface area contributed by atoms with Crippen LogP contribution in [-0.4, -0.2) is 17.5 Å². The maximum Gasteiger partial charge on any atom is 0.0454 e. The van der Waals surface area contributed by atoms with E-state index >= 15 is 0 Å². The van der Waals surface area contributed by atoms with Gasteiger partial charge < -0.3 is 5.32 Å². The molecule has 0 bridgehead atoms.